The van der Waals surface area contributed by atoms with Gasteiger partial charge in [-0.05, 0) is 60.4 Å². The molecule has 9 rings (SSSR count). The second kappa shape index (κ2) is 17.2. The summed E-state index contributed by atoms with van der Waals surface area (Å²) < 4.78 is 84.7. The number of aromatic nitrogens is 2. The zero-order valence-electron chi connectivity index (χ0n) is 34.5. The van der Waals surface area contributed by atoms with Crippen LogP contribution in [0, 0.1) is 11.6 Å². The highest BCUT2D eigenvalue weighted by molar-refractivity contribution is 7.90. The molecule has 6 heterocycles. The van der Waals surface area contributed by atoms with E-state index in [9.17, 15) is 32.0 Å². The van der Waals surface area contributed by atoms with E-state index in [-0.39, 0.29) is 49.7 Å². The number of hydrogen-bond acceptors (Lipinski definition) is 11. The summed E-state index contributed by atoms with van der Waals surface area (Å²) in [7, 11) is -2.89. The van der Waals surface area contributed by atoms with Gasteiger partial charge in [0.15, 0.2) is 5.82 Å². The summed E-state index contributed by atoms with van der Waals surface area (Å²) in [6.07, 6.45) is 1.99. The average Bonchev–Trinajstić information content (AvgIpc) is 4.01. The Bertz CT molecular complexity index is 2800. The van der Waals surface area contributed by atoms with Crippen molar-refractivity contribution in [2.45, 2.75) is 38.0 Å². The van der Waals surface area contributed by atoms with Gasteiger partial charge in [0, 0.05) is 99.4 Å². The molecule has 3 amide bonds. The first-order chi connectivity index (χ1) is 30.8. The van der Waals surface area contributed by atoms with Gasteiger partial charge in [0.25, 0.3) is 5.91 Å². The fraction of sp³-hybridized carbons (Fsp3) is 0.341. The van der Waals surface area contributed by atoms with Gasteiger partial charge >= 0.3 is 10.2 Å². The summed E-state index contributed by atoms with van der Waals surface area (Å²) in [5, 5.41) is 2.63. The number of imide groups is 1. The molecule has 20 heteroatoms. The number of pyridine rings is 1. The van der Waals surface area contributed by atoms with Crippen LogP contribution in [0.1, 0.15) is 51.1 Å². The number of alkyl halides is 1. The van der Waals surface area contributed by atoms with Crippen LogP contribution in [0.2, 0.25) is 0 Å². The van der Waals surface area contributed by atoms with Crippen LogP contribution < -0.4 is 24.4 Å². The molecule has 3 aromatic carbocycles. The molecule has 334 valence electrons. The first-order valence-corrected chi connectivity index (χ1v) is 22.2. The third-order valence-corrected chi connectivity index (χ3v) is 13.6. The van der Waals surface area contributed by atoms with Crippen molar-refractivity contribution in [3.63, 3.8) is 0 Å². The molecule has 2 aromatic heterocycles. The Balaban J connectivity index is 0.808. The Hall–Kier alpha value is -6.51. The number of nitrogens with zero attached hydrogens (tertiary/aromatic N) is 5. The van der Waals surface area contributed by atoms with Crippen LogP contribution in [0.5, 0.6) is 11.5 Å². The Labute approximate surface area is 365 Å². The van der Waals surface area contributed by atoms with E-state index >= 15 is 8.78 Å². The number of halogens is 3. The van der Waals surface area contributed by atoms with Gasteiger partial charge in [0.2, 0.25) is 17.6 Å². The summed E-state index contributed by atoms with van der Waals surface area (Å²) in [6.45, 7) is 3.86. The molecular formula is C44H43F3N8O8S. The molecule has 0 spiro atoms. The van der Waals surface area contributed by atoms with Gasteiger partial charge < -0.3 is 24.3 Å². The van der Waals surface area contributed by atoms with Crippen molar-refractivity contribution >= 4 is 56.1 Å². The van der Waals surface area contributed by atoms with Crippen LogP contribution in [0.3, 0.4) is 0 Å². The number of piperazine rings is 1. The van der Waals surface area contributed by atoms with Gasteiger partial charge in [-0.25, -0.2) is 18.2 Å². The van der Waals surface area contributed by atoms with Gasteiger partial charge in [0.1, 0.15) is 41.8 Å². The number of benzene rings is 3. The topological polar surface area (TPSA) is 187 Å². The number of amides is 3. The quantitative estimate of drug-likeness (QED) is 0.112. The van der Waals surface area contributed by atoms with Crippen LogP contribution in [0.4, 0.5) is 24.5 Å². The zero-order chi connectivity index (χ0) is 44.9. The molecule has 0 radical (unpaired) electrons. The standard InChI is InChI=1S/C44H43F3N8O8S/c1-62-36-20-30(18-27-23-55(44(59)38(27)36)35-8-9-37(56)50-43(35)58)63-17-16-52-12-14-53(15-13-52)29-4-2-25(3-5-29)26-19-31-32(22-49-42(31)48-21-26)41(57)39-33(46)6-7-34(40(39)47)51-64(60,61)54-11-10-28(45)24-54/h2-7,18-22,28,35,51H,8-17,23-24H2,1H3,(H,48,49)(H,50,56,58)/t28-,35?/m1/s1. The van der Waals surface area contributed by atoms with Crippen molar-refractivity contribution in [2.75, 3.05) is 69.2 Å². The fourth-order valence-corrected chi connectivity index (χ4v) is 9.98. The first-order valence-electron chi connectivity index (χ1n) is 20.8. The predicted molar refractivity (Wildman–Crippen MR) is 228 cm³/mol. The molecule has 4 aliphatic heterocycles. The summed E-state index contributed by atoms with van der Waals surface area (Å²) in [5.41, 5.74) is 2.18. The van der Waals surface area contributed by atoms with Gasteiger partial charge in [0.05, 0.1) is 23.9 Å². The smallest absolute Gasteiger partial charge is 0.301 e. The normalized spacial score (nSPS) is 19.6. The number of ketones is 1. The maximum Gasteiger partial charge on any atom is 0.301 e. The lowest BCUT2D eigenvalue weighted by Crippen LogP contribution is -2.52. The Kier molecular flexibility index (Phi) is 11.5. The minimum atomic E-state index is -4.37. The molecule has 3 N–H and O–H groups in total. The van der Waals surface area contributed by atoms with Crippen molar-refractivity contribution in [1.29, 1.82) is 0 Å². The van der Waals surface area contributed by atoms with Crippen LogP contribution in [0.25, 0.3) is 22.2 Å². The molecule has 0 saturated carbocycles. The summed E-state index contributed by atoms with van der Waals surface area (Å²) in [5.74, 6) is -3.83. The number of rotatable bonds is 13. The van der Waals surface area contributed by atoms with Crippen molar-refractivity contribution in [1.82, 2.24) is 29.4 Å². The highest BCUT2D eigenvalue weighted by atomic mass is 32.2. The monoisotopic (exact) mass is 900 g/mol. The number of aromatic amines is 1. The molecule has 1 unspecified atom stereocenters. The Morgan fingerprint density at radius 2 is 1.75 bits per heavy atom. The Morgan fingerprint density at radius 1 is 0.969 bits per heavy atom. The number of anilines is 2. The van der Waals surface area contributed by atoms with Gasteiger partial charge in [-0.3, -0.25) is 34.1 Å². The van der Waals surface area contributed by atoms with Crippen molar-refractivity contribution in [3.8, 4) is 22.6 Å². The Morgan fingerprint density at radius 3 is 2.47 bits per heavy atom. The second-order valence-electron chi connectivity index (χ2n) is 16.1. The highest BCUT2D eigenvalue weighted by Crippen LogP contribution is 2.37. The SMILES string of the molecule is COc1cc(OCCN2CCN(c3ccc(-c4cnc5[nH]cc(C(=O)c6c(F)ccc(NS(=O)(=O)N7CC[C@@H](F)C7)c6F)c5c4)cc3)CC2)cc2c1C(=O)N(C1CCC(=O)NC1=O)C2. The van der Waals surface area contributed by atoms with Crippen molar-refractivity contribution in [2.24, 2.45) is 0 Å². The minimum Gasteiger partial charge on any atom is -0.496 e. The van der Waals surface area contributed by atoms with Crippen LogP contribution in [0.15, 0.2) is 67.0 Å². The van der Waals surface area contributed by atoms with E-state index in [4.69, 9.17) is 9.47 Å². The molecule has 3 fully saturated rings. The first kappa shape index (κ1) is 42.8. The number of carbonyl (C=O) groups excluding carboxylic acids is 4. The van der Waals surface area contributed by atoms with Gasteiger partial charge in [-0.15, -0.1) is 0 Å². The third-order valence-electron chi connectivity index (χ3n) is 12.2. The van der Waals surface area contributed by atoms with Crippen LogP contribution >= 0.6 is 0 Å². The van der Waals surface area contributed by atoms with E-state index in [2.05, 4.69) is 25.1 Å². The summed E-state index contributed by atoms with van der Waals surface area (Å²) in [4.78, 5) is 64.5. The number of nitrogens with one attached hydrogen (secondary N) is 3. The van der Waals surface area contributed by atoms with Crippen LogP contribution in [-0.2, 0) is 26.3 Å². The fourth-order valence-electron chi connectivity index (χ4n) is 8.71. The molecule has 2 atom stereocenters. The lowest BCUT2D eigenvalue weighted by molar-refractivity contribution is -0.136. The van der Waals surface area contributed by atoms with Crippen molar-refractivity contribution < 1.29 is 50.2 Å². The van der Waals surface area contributed by atoms with E-state index in [0.29, 0.717) is 52.4 Å². The number of hydrogen-bond donors (Lipinski definition) is 3. The number of piperidine rings is 1. The van der Waals surface area contributed by atoms with E-state index in [1.165, 1.54) is 18.2 Å². The van der Waals surface area contributed by atoms with Gasteiger partial charge in [-0.2, -0.15) is 12.7 Å². The number of methoxy groups -OCH3 is 1. The van der Waals surface area contributed by atoms with E-state index < -0.39 is 63.5 Å². The van der Waals surface area contributed by atoms with E-state index in [1.807, 2.05) is 29.0 Å². The maximum atomic E-state index is 15.7. The average molecular weight is 901 g/mol. The predicted octanol–water partition coefficient (Wildman–Crippen LogP) is 4.41. The second-order valence-corrected chi connectivity index (χ2v) is 17.7. The number of H-pyrrole nitrogens is 1. The molecular weight excluding hydrogens is 858 g/mol. The number of ether oxygens (including phenoxy) is 2. The highest BCUT2D eigenvalue weighted by Gasteiger charge is 2.41. The van der Waals surface area contributed by atoms with Crippen molar-refractivity contribution in [3.05, 3.63) is 101 Å². The number of carbonyl (C=O) groups is 4. The molecule has 16 nitrogen and oxygen atoms in total. The third kappa shape index (κ3) is 8.23. The van der Waals surface area contributed by atoms with E-state index in [0.717, 1.165) is 53.9 Å². The lowest BCUT2D eigenvalue weighted by Gasteiger charge is -2.36. The summed E-state index contributed by atoms with van der Waals surface area (Å²) in [6, 6.07) is 13.9. The zero-order valence-corrected chi connectivity index (χ0v) is 35.4. The van der Waals surface area contributed by atoms with E-state index in [1.54, 1.807) is 24.4 Å². The molecule has 4 aliphatic rings. The largest absolute Gasteiger partial charge is 0.496 e. The minimum absolute atomic E-state index is 0.00478. The molecule has 64 heavy (non-hydrogen) atoms. The molecule has 0 bridgehead atoms. The summed E-state index contributed by atoms with van der Waals surface area (Å²) >= 11 is 0. The number of fused-ring (bicyclic) bond motifs is 2. The van der Waals surface area contributed by atoms with Gasteiger partial charge in [-0.1, -0.05) is 12.1 Å². The van der Waals surface area contributed by atoms with Crippen LogP contribution in [-0.4, -0.2) is 128 Å². The molecule has 0 aliphatic carbocycles. The molecule has 5 aromatic rings. The maximum absolute atomic E-state index is 15.7. The molecule has 3 saturated heterocycles. The lowest BCUT2D eigenvalue weighted by atomic mass is 9.99.